The molecule has 0 saturated carbocycles. The molecule has 2 aliphatic rings. The molecule has 0 bridgehead atoms. The number of fused-ring (bicyclic) bond motifs is 1. The maximum Gasteiger partial charge on any atom is 0.274 e. The van der Waals surface area contributed by atoms with Gasteiger partial charge in [0.25, 0.3) is 5.91 Å². The number of carbonyl (C=O) groups excluding carboxylic acids is 1. The van der Waals surface area contributed by atoms with Crippen molar-refractivity contribution < 1.29 is 4.79 Å². The Hall–Kier alpha value is -1.52. The second-order valence-electron chi connectivity index (χ2n) is 5.76. The zero-order valence-electron chi connectivity index (χ0n) is 11.7. The summed E-state index contributed by atoms with van der Waals surface area (Å²) in [5, 5.41) is 3.24. The maximum absolute atomic E-state index is 12.7. The predicted octanol–water partition coefficient (Wildman–Crippen LogP) is 2.10. The summed E-state index contributed by atoms with van der Waals surface area (Å²) in [6.45, 7) is 6.18. The first-order chi connectivity index (χ1) is 9.16. The zero-order chi connectivity index (χ0) is 13.4. The molecule has 0 aliphatic carbocycles. The Labute approximate surface area is 114 Å². The van der Waals surface area contributed by atoms with Crippen LogP contribution >= 0.6 is 0 Å². The van der Waals surface area contributed by atoms with Crippen LogP contribution in [-0.4, -0.2) is 39.0 Å². The molecule has 5 heteroatoms. The predicted molar refractivity (Wildman–Crippen MR) is 74.3 cm³/mol. The standard InChI is InChI=1S/C14H22N4O/c1-10-5-3-6-11(2)18(10)13(19)12-9-17-8-4-7-15-14(17)16-12/h9-11H,3-8H2,1-2H3,(H,15,16)/t10-,11+. The van der Waals surface area contributed by atoms with Crippen molar-refractivity contribution in [1.82, 2.24) is 14.5 Å². The van der Waals surface area contributed by atoms with Gasteiger partial charge in [-0.15, -0.1) is 0 Å². The van der Waals surface area contributed by atoms with Crippen LogP contribution in [0.3, 0.4) is 0 Å². The van der Waals surface area contributed by atoms with Crippen molar-refractivity contribution in [3.05, 3.63) is 11.9 Å². The van der Waals surface area contributed by atoms with Crippen LogP contribution in [0.2, 0.25) is 0 Å². The summed E-state index contributed by atoms with van der Waals surface area (Å²) in [4.78, 5) is 19.1. The number of rotatable bonds is 1. The molecule has 19 heavy (non-hydrogen) atoms. The number of aromatic nitrogens is 2. The fourth-order valence-electron chi connectivity index (χ4n) is 3.23. The van der Waals surface area contributed by atoms with E-state index in [-0.39, 0.29) is 5.91 Å². The number of likely N-dealkylation sites (tertiary alicyclic amines) is 1. The third-order valence-electron chi connectivity index (χ3n) is 4.28. The average molecular weight is 262 g/mol. The maximum atomic E-state index is 12.7. The molecular weight excluding hydrogens is 240 g/mol. The molecule has 0 unspecified atom stereocenters. The van der Waals surface area contributed by atoms with E-state index in [1.54, 1.807) is 0 Å². The van der Waals surface area contributed by atoms with E-state index in [0.717, 1.165) is 38.3 Å². The number of nitrogens with zero attached hydrogens (tertiary/aromatic N) is 3. The van der Waals surface area contributed by atoms with E-state index in [0.29, 0.717) is 17.8 Å². The second kappa shape index (κ2) is 4.87. The van der Waals surface area contributed by atoms with Gasteiger partial charge in [0.15, 0.2) is 0 Å². The highest BCUT2D eigenvalue weighted by molar-refractivity contribution is 5.93. The monoisotopic (exact) mass is 262 g/mol. The van der Waals surface area contributed by atoms with Gasteiger partial charge in [-0.25, -0.2) is 4.98 Å². The van der Waals surface area contributed by atoms with E-state index in [4.69, 9.17) is 0 Å². The molecule has 0 aromatic carbocycles. The van der Waals surface area contributed by atoms with E-state index >= 15 is 0 Å². The zero-order valence-corrected chi connectivity index (χ0v) is 11.7. The minimum atomic E-state index is 0.0865. The summed E-state index contributed by atoms with van der Waals surface area (Å²) in [6, 6.07) is 0.644. The molecule has 1 saturated heterocycles. The lowest BCUT2D eigenvalue weighted by Gasteiger charge is -2.38. The number of nitrogens with one attached hydrogen (secondary N) is 1. The number of piperidine rings is 1. The normalized spacial score (nSPS) is 26.7. The second-order valence-corrected chi connectivity index (χ2v) is 5.76. The smallest absolute Gasteiger partial charge is 0.274 e. The Morgan fingerprint density at radius 2 is 2.05 bits per heavy atom. The number of aryl methyl sites for hydroxylation is 1. The molecule has 104 valence electrons. The van der Waals surface area contributed by atoms with Crippen molar-refractivity contribution in [2.45, 2.75) is 58.2 Å². The van der Waals surface area contributed by atoms with Crippen LogP contribution in [0.25, 0.3) is 0 Å². The van der Waals surface area contributed by atoms with Crippen LogP contribution in [0.5, 0.6) is 0 Å². The van der Waals surface area contributed by atoms with Gasteiger partial charge in [0.1, 0.15) is 5.69 Å². The van der Waals surface area contributed by atoms with Gasteiger partial charge < -0.3 is 14.8 Å². The highest BCUT2D eigenvalue weighted by atomic mass is 16.2. The van der Waals surface area contributed by atoms with E-state index < -0.39 is 0 Å². The SMILES string of the molecule is C[C@@H]1CCC[C@H](C)N1C(=O)c1cn2c(n1)NCCC2. The van der Waals surface area contributed by atoms with Crippen molar-refractivity contribution in [2.75, 3.05) is 11.9 Å². The van der Waals surface area contributed by atoms with Crippen molar-refractivity contribution in [2.24, 2.45) is 0 Å². The fourth-order valence-corrected chi connectivity index (χ4v) is 3.23. The molecule has 1 amide bonds. The van der Waals surface area contributed by atoms with Crippen LogP contribution in [-0.2, 0) is 6.54 Å². The largest absolute Gasteiger partial charge is 0.356 e. The lowest BCUT2D eigenvalue weighted by molar-refractivity contribution is 0.0505. The van der Waals surface area contributed by atoms with Crippen molar-refractivity contribution >= 4 is 11.9 Å². The Morgan fingerprint density at radius 3 is 2.74 bits per heavy atom. The number of amides is 1. The van der Waals surface area contributed by atoms with Gasteiger partial charge in [-0.2, -0.15) is 0 Å². The lowest BCUT2D eigenvalue weighted by Crippen LogP contribution is -2.47. The highest BCUT2D eigenvalue weighted by Crippen LogP contribution is 2.25. The van der Waals surface area contributed by atoms with E-state index in [2.05, 4.69) is 28.7 Å². The lowest BCUT2D eigenvalue weighted by atomic mass is 9.97. The summed E-state index contributed by atoms with van der Waals surface area (Å²) in [6.07, 6.45) is 6.41. The molecule has 1 N–H and O–H groups in total. The number of hydrogen-bond donors (Lipinski definition) is 1. The van der Waals surface area contributed by atoms with Crippen LogP contribution in [0.1, 0.15) is 50.0 Å². The van der Waals surface area contributed by atoms with E-state index in [1.807, 2.05) is 11.1 Å². The molecule has 3 heterocycles. The Morgan fingerprint density at radius 1 is 1.32 bits per heavy atom. The summed E-state index contributed by atoms with van der Waals surface area (Å²) < 4.78 is 2.05. The minimum Gasteiger partial charge on any atom is -0.356 e. The van der Waals surface area contributed by atoms with E-state index in [1.165, 1.54) is 6.42 Å². The van der Waals surface area contributed by atoms with Gasteiger partial charge in [0.05, 0.1) is 0 Å². The van der Waals surface area contributed by atoms with Crippen LogP contribution < -0.4 is 5.32 Å². The van der Waals surface area contributed by atoms with Crippen molar-refractivity contribution in [3.63, 3.8) is 0 Å². The van der Waals surface area contributed by atoms with Gasteiger partial charge in [-0.1, -0.05) is 0 Å². The van der Waals surface area contributed by atoms with E-state index in [9.17, 15) is 4.79 Å². The van der Waals surface area contributed by atoms with Crippen LogP contribution in [0.4, 0.5) is 5.95 Å². The average Bonchev–Trinajstić information content (AvgIpc) is 2.82. The quantitative estimate of drug-likeness (QED) is 0.843. The van der Waals surface area contributed by atoms with Crippen LogP contribution in [0, 0.1) is 0 Å². The molecule has 0 spiro atoms. The Bertz CT molecular complexity index is 448. The van der Waals surface area contributed by atoms with Crippen molar-refractivity contribution in [1.29, 1.82) is 0 Å². The van der Waals surface area contributed by atoms with Crippen molar-refractivity contribution in [3.8, 4) is 0 Å². The molecular formula is C14H22N4O. The fraction of sp³-hybridized carbons (Fsp3) is 0.714. The van der Waals surface area contributed by atoms with Gasteiger partial charge in [0, 0.05) is 31.4 Å². The summed E-state index contributed by atoms with van der Waals surface area (Å²) in [5.41, 5.74) is 0.588. The molecule has 1 aromatic rings. The Kier molecular flexibility index (Phi) is 3.21. The third-order valence-corrected chi connectivity index (χ3v) is 4.28. The summed E-state index contributed by atoms with van der Waals surface area (Å²) in [7, 11) is 0. The molecule has 1 aromatic heterocycles. The molecule has 2 aliphatic heterocycles. The van der Waals surface area contributed by atoms with Gasteiger partial charge in [-0.05, 0) is 39.5 Å². The number of carbonyl (C=O) groups is 1. The first kappa shape index (κ1) is 12.5. The van der Waals surface area contributed by atoms with Crippen LogP contribution in [0.15, 0.2) is 6.20 Å². The summed E-state index contributed by atoms with van der Waals surface area (Å²) in [5.74, 6) is 0.926. The number of imidazole rings is 1. The number of hydrogen-bond acceptors (Lipinski definition) is 3. The summed E-state index contributed by atoms with van der Waals surface area (Å²) >= 11 is 0. The van der Waals surface area contributed by atoms with Gasteiger partial charge >= 0.3 is 0 Å². The highest BCUT2D eigenvalue weighted by Gasteiger charge is 2.31. The topological polar surface area (TPSA) is 50.2 Å². The number of anilines is 1. The molecule has 2 atom stereocenters. The van der Waals surface area contributed by atoms with Gasteiger partial charge in [-0.3, -0.25) is 4.79 Å². The molecule has 5 nitrogen and oxygen atoms in total. The Balaban J connectivity index is 1.84. The third kappa shape index (κ3) is 2.22. The molecule has 1 fully saturated rings. The minimum absolute atomic E-state index is 0.0865. The first-order valence-corrected chi connectivity index (χ1v) is 7.30. The molecule has 3 rings (SSSR count). The van der Waals surface area contributed by atoms with Gasteiger partial charge in [0.2, 0.25) is 5.95 Å². The first-order valence-electron chi connectivity index (χ1n) is 7.30. The molecule has 0 radical (unpaired) electrons.